The van der Waals surface area contributed by atoms with Gasteiger partial charge in [0.2, 0.25) is 11.8 Å². The number of hydrogen-bond donors (Lipinski definition) is 3. The molecule has 1 saturated carbocycles. The second-order valence-corrected chi connectivity index (χ2v) is 10.9. The lowest BCUT2D eigenvalue weighted by Crippen LogP contribution is -2.55. The molecule has 8 heteroatoms. The normalized spacial score (nSPS) is 16.1. The lowest BCUT2D eigenvalue weighted by atomic mass is 9.93. The van der Waals surface area contributed by atoms with E-state index in [4.69, 9.17) is 4.74 Å². The fraction of sp³-hybridized carbons (Fsp3) is 0.607. The average Bonchev–Trinajstić information content (AvgIpc) is 2.78. The van der Waals surface area contributed by atoms with Crippen LogP contribution in [0.4, 0.5) is 4.79 Å². The third-order valence-corrected chi connectivity index (χ3v) is 6.29. The molecule has 1 aromatic carbocycles. The largest absolute Gasteiger partial charge is 0.507 e. The molecule has 1 aliphatic rings. The Bertz CT molecular complexity index is 932. The fourth-order valence-corrected chi connectivity index (χ4v) is 4.47. The summed E-state index contributed by atoms with van der Waals surface area (Å²) in [5, 5.41) is 16.7. The number of phenols is 1. The number of hydrogen-bond acceptors (Lipinski definition) is 5. The molecule has 200 valence electrons. The van der Waals surface area contributed by atoms with E-state index in [0.717, 1.165) is 32.1 Å². The highest BCUT2D eigenvalue weighted by Crippen LogP contribution is 2.33. The molecule has 2 atom stereocenters. The van der Waals surface area contributed by atoms with Crippen LogP contribution in [0.1, 0.15) is 83.9 Å². The van der Waals surface area contributed by atoms with Crippen molar-refractivity contribution in [3.8, 4) is 5.75 Å². The minimum atomic E-state index is -1.10. The highest BCUT2D eigenvalue weighted by atomic mass is 16.6. The first kappa shape index (κ1) is 29.2. The Morgan fingerprint density at radius 1 is 1.19 bits per heavy atom. The zero-order chi connectivity index (χ0) is 27.0. The van der Waals surface area contributed by atoms with Crippen LogP contribution in [0.15, 0.2) is 30.9 Å². The number of nitrogens with one attached hydrogen (secondary N) is 2. The highest BCUT2D eigenvalue weighted by Gasteiger charge is 2.38. The second kappa shape index (κ2) is 12.8. The number of para-hydroxylation sites is 1. The van der Waals surface area contributed by atoms with E-state index >= 15 is 0 Å². The van der Waals surface area contributed by atoms with Crippen molar-refractivity contribution in [1.29, 1.82) is 0 Å². The van der Waals surface area contributed by atoms with Gasteiger partial charge in [0, 0.05) is 18.2 Å². The summed E-state index contributed by atoms with van der Waals surface area (Å²) in [6.45, 7) is 14.4. The summed E-state index contributed by atoms with van der Waals surface area (Å²) in [6.07, 6.45) is 5.80. The minimum absolute atomic E-state index is 0.0159. The topological polar surface area (TPSA) is 108 Å². The number of ether oxygens (including phenoxy) is 1. The number of aryl methyl sites for hydroxylation is 1. The summed E-state index contributed by atoms with van der Waals surface area (Å²) >= 11 is 0. The quantitative estimate of drug-likeness (QED) is 0.423. The van der Waals surface area contributed by atoms with Crippen molar-refractivity contribution in [1.82, 2.24) is 15.5 Å². The van der Waals surface area contributed by atoms with E-state index in [0.29, 0.717) is 11.1 Å². The van der Waals surface area contributed by atoms with Crippen LogP contribution >= 0.6 is 0 Å². The van der Waals surface area contributed by atoms with E-state index < -0.39 is 29.7 Å². The van der Waals surface area contributed by atoms with Crippen molar-refractivity contribution in [2.24, 2.45) is 5.92 Å². The van der Waals surface area contributed by atoms with Gasteiger partial charge in [-0.05, 0) is 52.0 Å². The van der Waals surface area contributed by atoms with E-state index in [2.05, 4.69) is 17.2 Å². The number of phenolic OH excluding ortho intramolecular Hbond substituents is 1. The summed E-state index contributed by atoms with van der Waals surface area (Å²) in [5.41, 5.74) is 0.199. The van der Waals surface area contributed by atoms with Gasteiger partial charge in [-0.15, -0.1) is 6.58 Å². The Balaban J connectivity index is 2.47. The second-order valence-electron chi connectivity index (χ2n) is 10.9. The molecule has 1 aliphatic carbocycles. The number of nitrogens with zero attached hydrogens (tertiary/aromatic N) is 1. The van der Waals surface area contributed by atoms with E-state index in [9.17, 15) is 19.5 Å². The molecule has 1 fully saturated rings. The molecule has 36 heavy (non-hydrogen) atoms. The maximum absolute atomic E-state index is 13.9. The van der Waals surface area contributed by atoms with Crippen LogP contribution < -0.4 is 10.6 Å². The van der Waals surface area contributed by atoms with Crippen molar-refractivity contribution in [3.05, 3.63) is 42.0 Å². The molecule has 0 heterocycles. The first-order chi connectivity index (χ1) is 16.9. The van der Waals surface area contributed by atoms with Gasteiger partial charge in [-0.3, -0.25) is 9.59 Å². The third kappa shape index (κ3) is 8.00. The summed E-state index contributed by atoms with van der Waals surface area (Å²) in [7, 11) is 0. The number of aromatic hydroxyl groups is 1. The molecule has 0 aromatic heterocycles. The fourth-order valence-electron chi connectivity index (χ4n) is 4.47. The Kier molecular flexibility index (Phi) is 10.4. The average molecular weight is 502 g/mol. The minimum Gasteiger partial charge on any atom is -0.507 e. The van der Waals surface area contributed by atoms with Crippen molar-refractivity contribution in [2.45, 2.75) is 97.4 Å². The van der Waals surface area contributed by atoms with Gasteiger partial charge in [-0.1, -0.05) is 57.4 Å². The van der Waals surface area contributed by atoms with Crippen LogP contribution in [0.25, 0.3) is 0 Å². The molecule has 0 spiro atoms. The van der Waals surface area contributed by atoms with E-state index in [-0.39, 0.29) is 30.2 Å². The molecule has 3 amide bonds. The molecule has 0 radical (unpaired) electrons. The molecule has 0 saturated heterocycles. The molecule has 3 N–H and O–H groups in total. The molecule has 8 nitrogen and oxygen atoms in total. The smallest absolute Gasteiger partial charge is 0.408 e. The SMILES string of the molecule is C=CCN(C(=O)C(NC(=O)OC(C)(C)C)C(C)C)C(C(=O)NC1CCCCC1)c1cccc(C)c1O. The molecule has 2 unspecified atom stereocenters. The number of carbonyl (C=O) groups excluding carboxylic acids is 3. The van der Waals surface area contributed by atoms with Crippen LogP contribution in [-0.2, 0) is 14.3 Å². The van der Waals surface area contributed by atoms with Crippen molar-refractivity contribution >= 4 is 17.9 Å². The van der Waals surface area contributed by atoms with E-state index in [1.54, 1.807) is 45.9 Å². The lowest BCUT2D eigenvalue weighted by molar-refractivity contribution is -0.143. The molecular weight excluding hydrogens is 458 g/mol. The lowest BCUT2D eigenvalue weighted by Gasteiger charge is -2.36. The number of carbonyl (C=O) groups is 3. The molecule has 0 aliphatic heterocycles. The zero-order valence-electron chi connectivity index (χ0n) is 22.6. The van der Waals surface area contributed by atoms with Gasteiger partial charge < -0.3 is 25.4 Å². The zero-order valence-corrected chi connectivity index (χ0v) is 22.6. The van der Waals surface area contributed by atoms with Crippen LogP contribution in [0.2, 0.25) is 0 Å². The Morgan fingerprint density at radius 2 is 1.83 bits per heavy atom. The Hall–Kier alpha value is -3.03. The van der Waals surface area contributed by atoms with Crippen molar-refractivity contribution in [3.63, 3.8) is 0 Å². The summed E-state index contributed by atoms with van der Waals surface area (Å²) in [4.78, 5) is 41.6. The van der Waals surface area contributed by atoms with Crippen LogP contribution in [-0.4, -0.2) is 52.1 Å². The third-order valence-electron chi connectivity index (χ3n) is 6.29. The molecule has 1 aromatic rings. The predicted molar refractivity (Wildman–Crippen MR) is 141 cm³/mol. The Morgan fingerprint density at radius 3 is 2.39 bits per heavy atom. The van der Waals surface area contributed by atoms with Crippen molar-refractivity contribution < 1.29 is 24.2 Å². The maximum atomic E-state index is 13.9. The standard InChI is InChI=1S/C28H43N3O5/c1-8-17-31(26(34)22(18(2)3)30-27(35)36-28(5,6)7)23(21-16-12-13-19(4)24(21)32)25(33)29-20-14-10-9-11-15-20/h8,12-13,16,18,20,22-23,32H,1,9-11,14-15,17H2,2-7H3,(H,29,33)(H,30,35). The molecule has 2 rings (SSSR count). The summed E-state index contributed by atoms with van der Waals surface area (Å²) in [5.74, 6) is -1.15. The summed E-state index contributed by atoms with van der Waals surface area (Å²) in [6, 6.07) is 3.12. The molecular formula is C28H43N3O5. The first-order valence-corrected chi connectivity index (χ1v) is 12.9. The van der Waals surface area contributed by atoms with E-state index in [1.165, 1.54) is 11.0 Å². The predicted octanol–water partition coefficient (Wildman–Crippen LogP) is 4.75. The van der Waals surface area contributed by atoms with Gasteiger partial charge in [0.1, 0.15) is 23.4 Å². The van der Waals surface area contributed by atoms with Gasteiger partial charge in [-0.2, -0.15) is 0 Å². The van der Waals surface area contributed by atoms with Crippen LogP contribution in [0, 0.1) is 12.8 Å². The highest BCUT2D eigenvalue weighted by molar-refractivity contribution is 5.93. The van der Waals surface area contributed by atoms with Crippen molar-refractivity contribution in [2.75, 3.05) is 6.54 Å². The Labute approximate surface area is 215 Å². The molecule has 0 bridgehead atoms. The van der Waals surface area contributed by atoms with Gasteiger partial charge in [0.05, 0.1) is 0 Å². The first-order valence-electron chi connectivity index (χ1n) is 12.9. The van der Waals surface area contributed by atoms with Gasteiger partial charge in [-0.25, -0.2) is 4.79 Å². The number of benzene rings is 1. The number of alkyl carbamates (subject to hydrolysis) is 1. The van der Waals surface area contributed by atoms with Gasteiger partial charge >= 0.3 is 6.09 Å². The summed E-state index contributed by atoms with van der Waals surface area (Å²) < 4.78 is 5.38. The monoisotopic (exact) mass is 501 g/mol. The maximum Gasteiger partial charge on any atom is 0.408 e. The van der Waals surface area contributed by atoms with Crippen LogP contribution in [0.3, 0.4) is 0 Å². The number of rotatable bonds is 9. The van der Waals surface area contributed by atoms with E-state index in [1.807, 2.05) is 13.8 Å². The van der Waals surface area contributed by atoms with Gasteiger partial charge in [0.25, 0.3) is 0 Å². The number of amides is 3. The van der Waals surface area contributed by atoms with Crippen LogP contribution in [0.5, 0.6) is 5.75 Å². The van der Waals surface area contributed by atoms with Gasteiger partial charge in [0.15, 0.2) is 0 Å².